The SMILES string of the molecule is Cc1ccc(C(=O)N2CCN(CCO)CC2)cc1S(=O)(=O)N1CCOCC1. The molecular formula is C18H27N3O5S. The van der Waals surface area contributed by atoms with Gasteiger partial charge in [-0.25, -0.2) is 8.42 Å². The van der Waals surface area contributed by atoms with Crippen molar-refractivity contribution in [2.45, 2.75) is 11.8 Å². The second-order valence-electron chi connectivity index (χ2n) is 6.85. The fourth-order valence-electron chi connectivity index (χ4n) is 3.44. The van der Waals surface area contributed by atoms with Crippen LogP contribution in [0.3, 0.4) is 0 Å². The lowest BCUT2D eigenvalue weighted by atomic mass is 10.1. The summed E-state index contributed by atoms with van der Waals surface area (Å²) in [5.41, 5.74) is 1.02. The van der Waals surface area contributed by atoms with Crippen molar-refractivity contribution in [2.24, 2.45) is 0 Å². The molecule has 1 amide bonds. The summed E-state index contributed by atoms with van der Waals surface area (Å²) in [5, 5.41) is 9.02. The van der Waals surface area contributed by atoms with Gasteiger partial charge in [-0.15, -0.1) is 0 Å². The highest BCUT2D eigenvalue weighted by molar-refractivity contribution is 7.89. The van der Waals surface area contributed by atoms with Gasteiger partial charge >= 0.3 is 0 Å². The van der Waals surface area contributed by atoms with E-state index in [1.54, 1.807) is 24.0 Å². The maximum Gasteiger partial charge on any atom is 0.253 e. The lowest BCUT2D eigenvalue weighted by Crippen LogP contribution is -2.49. The van der Waals surface area contributed by atoms with E-state index in [2.05, 4.69) is 4.90 Å². The predicted octanol–water partition coefficient (Wildman–Crippen LogP) is -0.234. The number of amides is 1. The Labute approximate surface area is 160 Å². The van der Waals surface area contributed by atoms with E-state index in [1.165, 1.54) is 10.4 Å². The molecule has 3 rings (SSSR count). The minimum absolute atomic E-state index is 0.106. The van der Waals surface area contributed by atoms with Crippen molar-refractivity contribution >= 4 is 15.9 Å². The zero-order valence-electron chi connectivity index (χ0n) is 15.6. The highest BCUT2D eigenvalue weighted by Crippen LogP contribution is 2.23. The first-order valence-corrected chi connectivity index (χ1v) is 10.7. The van der Waals surface area contributed by atoms with Crippen LogP contribution < -0.4 is 0 Å². The lowest BCUT2D eigenvalue weighted by molar-refractivity contribution is 0.0614. The van der Waals surface area contributed by atoms with E-state index >= 15 is 0 Å². The molecule has 0 aromatic heterocycles. The summed E-state index contributed by atoms with van der Waals surface area (Å²) in [7, 11) is -3.65. The second kappa shape index (κ2) is 8.66. The summed E-state index contributed by atoms with van der Waals surface area (Å²) in [5.74, 6) is -0.155. The highest BCUT2D eigenvalue weighted by Gasteiger charge is 2.29. The summed E-state index contributed by atoms with van der Waals surface area (Å²) in [6, 6.07) is 4.89. The van der Waals surface area contributed by atoms with Gasteiger partial charge in [0.05, 0.1) is 24.7 Å². The average molecular weight is 397 g/mol. The van der Waals surface area contributed by atoms with Crippen LogP contribution in [0.4, 0.5) is 0 Å². The molecule has 27 heavy (non-hydrogen) atoms. The Morgan fingerprint density at radius 2 is 1.78 bits per heavy atom. The number of β-amino-alcohol motifs (C(OH)–C–C–N with tert-alkyl or cyclic N) is 1. The van der Waals surface area contributed by atoms with Gasteiger partial charge in [-0.3, -0.25) is 9.69 Å². The number of hydrogen-bond donors (Lipinski definition) is 1. The van der Waals surface area contributed by atoms with Crippen LogP contribution in [0.1, 0.15) is 15.9 Å². The van der Waals surface area contributed by atoms with E-state index in [4.69, 9.17) is 9.84 Å². The fourth-order valence-corrected chi connectivity index (χ4v) is 5.09. The molecule has 0 bridgehead atoms. The van der Waals surface area contributed by atoms with Crippen LogP contribution >= 0.6 is 0 Å². The van der Waals surface area contributed by atoms with E-state index in [0.29, 0.717) is 70.2 Å². The number of carbonyl (C=O) groups is 1. The van der Waals surface area contributed by atoms with Crippen LogP contribution in [-0.2, 0) is 14.8 Å². The molecular weight excluding hydrogens is 370 g/mol. The number of aliphatic hydroxyl groups excluding tert-OH is 1. The van der Waals surface area contributed by atoms with Gasteiger partial charge in [0.25, 0.3) is 5.91 Å². The van der Waals surface area contributed by atoms with Gasteiger partial charge in [-0.05, 0) is 24.6 Å². The van der Waals surface area contributed by atoms with Crippen LogP contribution in [0, 0.1) is 6.92 Å². The molecule has 0 spiro atoms. The molecule has 0 unspecified atom stereocenters. The number of morpholine rings is 1. The average Bonchev–Trinajstić information content (AvgIpc) is 2.69. The first kappa shape index (κ1) is 20.2. The zero-order valence-corrected chi connectivity index (χ0v) is 16.4. The summed E-state index contributed by atoms with van der Waals surface area (Å²) >= 11 is 0. The number of hydrogen-bond acceptors (Lipinski definition) is 6. The van der Waals surface area contributed by atoms with Gasteiger partial charge in [-0.1, -0.05) is 6.07 Å². The molecule has 0 aliphatic carbocycles. The molecule has 0 radical (unpaired) electrons. The molecule has 0 atom stereocenters. The maximum absolute atomic E-state index is 13.0. The zero-order chi connectivity index (χ0) is 19.4. The molecule has 1 aromatic rings. The summed E-state index contributed by atoms with van der Waals surface area (Å²) in [6.45, 7) is 6.42. The van der Waals surface area contributed by atoms with Crippen LogP contribution in [0.2, 0.25) is 0 Å². The Hall–Kier alpha value is -1.52. The topological polar surface area (TPSA) is 90.4 Å². The number of nitrogens with zero attached hydrogens (tertiary/aromatic N) is 3. The van der Waals surface area contributed by atoms with E-state index < -0.39 is 10.0 Å². The van der Waals surface area contributed by atoms with Crippen LogP contribution in [-0.4, -0.2) is 99.2 Å². The third-order valence-electron chi connectivity index (χ3n) is 5.10. The van der Waals surface area contributed by atoms with E-state index in [0.717, 1.165) is 0 Å². The number of aliphatic hydroxyl groups is 1. The van der Waals surface area contributed by atoms with Gasteiger partial charge in [0, 0.05) is 51.4 Å². The lowest BCUT2D eigenvalue weighted by Gasteiger charge is -2.34. The third-order valence-corrected chi connectivity index (χ3v) is 7.14. The van der Waals surface area contributed by atoms with Gasteiger partial charge < -0.3 is 14.7 Å². The number of aryl methyl sites for hydroxylation is 1. The minimum atomic E-state index is -3.65. The minimum Gasteiger partial charge on any atom is -0.395 e. The molecule has 150 valence electrons. The van der Waals surface area contributed by atoms with E-state index in [-0.39, 0.29) is 17.4 Å². The van der Waals surface area contributed by atoms with Crippen molar-refractivity contribution in [3.05, 3.63) is 29.3 Å². The molecule has 8 nitrogen and oxygen atoms in total. The van der Waals surface area contributed by atoms with Gasteiger partial charge in [0.15, 0.2) is 0 Å². The Bertz CT molecular complexity index is 769. The second-order valence-corrected chi connectivity index (χ2v) is 8.76. The van der Waals surface area contributed by atoms with Crippen molar-refractivity contribution in [1.82, 2.24) is 14.1 Å². The number of carbonyl (C=O) groups excluding carboxylic acids is 1. The maximum atomic E-state index is 13.0. The number of rotatable bonds is 5. The number of sulfonamides is 1. The Morgan fingerprint density at radius 3 is 2.41 bits per heavy atom. The highest BCUT2D eigenvalue weighted by atomic mass is 32.2. The first-order valence-electron chi connectivity index (χ1n) is 9.24. The summed E-state index contributed by atoms with van der Waals surface area (Å²) in [4.78, 5) is 16.9. The monoisotopic (exact) mass is 397 g/mol. The molecule has 2 aliphatic heterocycles. The standard InChI is InChI=1S/C18H27N3O5S/c1-15-2-3-16(18(23)20-6-4-19(5-7-20)8-11-22)14-17(15)27(24,25)21-9-12-26-13-10-21/h2-3,14,22H,4-13H2,1H3. The number of ether oxygens (including phenoxy) is 1. The normalized spacial score (nSPS) is 20.0. The van der Waals surface area contributed by atoms with Crippen LogP contribution in [0.15, 0.2) is 23.1 Å². The molecule has 1 N–H and O–H groups in total. The van der Waals surface area contributed by atoms with Crippen molar-refractivity contribution in [3.8, 4) is 0 Å². The molecule has 1 aromatic carbocycles. The van der Waals surface area contributed by atoms with Crippen molar-refractivity contribution in [1.29, 1.82) is 0 Å². The molecule has 9 heteroatoms. The molecule has 2 fully saturated rings. The smallest absolute Gasteiger partial charge is 0.253 e. The van der Waals surface area contributed by atoms with Gasteiger partial charge in [0.1, 0.15) is 0 Å². The molecule has 2 saturated heterocycles. The van der Waals surface area contributed by atoms with Crippen molar-refractivity contribution in [2.75, 3.05) is 65.6 Å². The van der Waals surface area contributed by atoms with Crippen LogP contribution in [0.25, 0.3) is 0 Å². The van der Waals surface area contributed by atoms with Crippen molar-refractivity contribution < 1.29 is 23.1 Å². The Morgan fingerprint density at radius 1 is 1.11 bits per heavy atom. The summed E-state index contributed by atoms with van der Waals surface area (Å²) in [6.07, 6.45) is 0. The van der Waals surface area contributed by atoms with Crippen LogP contribution in [0.5, 0.6) is 0 Å². The Balaban J connectivity index is 1.78. The molecule has 0 saturated carbocycles. The summed E-state index contributed by atoms with van der Waals surface area (Å²) < 4.78 is 32.6. The predicted molar refractivity (Wildman–Crippen MR) is 100 cm³/mol. The quantitative estimate of drug-likeness (QED) is 0.738. The Kier molecular flexibility index (Phi) is 6.48. The fraction of sp³-hybridized carbons (Fsp3) is 0.611. The van der Waals surface area contributed by atoms with E-state index in [1.807, 2.05) is 0 Å². The first-order chi connectivity index (χ1) is 12.9. The number of benzene rings is 1. The van der Waals surface area contributed by atoms with Gasteiger partial charge in [-0.2, -0.15) is 4.31 Å². The molecule has 2 aliphatic rings. The van der Waals surface area contributed by atoms with E-state index in [9.17, 15) is 13.2 Å². The van der Waals surface area contributed by atoms with Gasteiger partial charge in [0.2, 0.25) is 10.0 Å². The van der Waals surface area contributed by atoms with Crippen molar-refractivity contribution in [3.63, 3.8) is 0 Å². The molecule has 2 heterocycles. The number of piperazine rings is 1. The largest absolute Gasteiger partial charge is 0.395 e. The third kappa shape index (κ3) is 4.49.